The Kier molecular flexibility index (Phi) is 8.43. The average molecular weight is 667 g/mol. The highest BCUT2D eigenvalue weighted by atomic mass is 32.2. The van der Waals surface area contributed by atoms with E-state index in [1.54, 1.807) is 12.1 Å². The molecule has 0 atom stereocenters. The van der Waals surface area contributed by atoms with Crippen LogP contribution in [0.2, 0.25) is 0 Å². The average Bonchev–Trinajstić information content (AvgIpc) is 2.95. The lowest BCUT2D eigenvalue weighted by atomic mass is 9.50. The molecule has 1 amide bonds. The van der Waals surface area contributed by atoms with Gasteiger partial charge in [-0.25, -0.2) is 35.2 Å². The SMILES string of the molecule is COc1cc(C(=O)O)ccc1N(Cc1cccc(C(C)(C)C)c1)C(=O)CN(C12CC(C1)C2)S(=O)(=O)c1c(F)c(F)c(F)c(F)c1F. The first-order chi connectivity index (χ1) is 21.4. The summed E-state index contributed by atoms with van der Waals surface area (Å²) in [5.74, 6) is -14.6. The van der Waals surface area contributed by atoms with Gasteiger partial charge in [0.15, 0.2) is 28.2 Å². The van der Waals surface area contributed by atoms with E-state index < -0.39 is 68.0 Å². The van der Waals surface area contributed by atoms with E-state index in [0.717, 1.165) is 10.5 Å². The number of carbonyl (C=O) groups excluding carboxylic acids is 1. The van der Waals surface area contributed by atoms with Gasteiger partial charge in [0, 0.05) is 5.54 Å². The molecule has 0 aromatic heterocycles. The molecule has 14 heteroatoms. The van der Waals surface area contributed by atoms with Crippen LogP contribution in [0.25, 0.3) is 0 Å². The van der Waals surface area contributed by atoms with Gasteiger partial charge < -0.3 is 14.7 Å². The maximum Gasteiger partial charge on any atom is 0.335 e. The van der Waals surface area contributed by atoms with E-state index in [2.05, 4.69) is 0 Å². The van der Waals surface area contributed by atoms with E-state index >= 15 is 0 Å². The van der Waals surface area contributed by atoms with E-state index in [4.69, 9.17) is 4.74 Å². The van der Waals surface area contributed by atoms with E-state index in [0.29, 0.717) is 9.87 Å². The second kappa shape index (κ2) is 11.6. The second-order valence-electron chi connectivity index (χ2n) is 12.7. The van der Waals surface area contributed by atoms with E-state index in [1.807, 2.05) is 32.9 Å². The van der Waals surface area contributed by atoms with Gasteiger partial charge in [-0.3, -0.25) is 4.79 Å². The number of carbonyl (C=O) groups is 2. The topological polar surface area (TPSA) is 104 Å². The predicted octanol–water partition coefficient (Wildman–Crippen LogP) is 6.16. The normalized spacial score (nSPS) is 19.0. The molecule has 46 heavy (non-hydrogen) atoms. The largest absolute Gasteiger partial charge is 0.495 e. The van der Waals surface area contributed by atoms with Crippen molar-refractivity contribution >= 4 is 27.6 Å². The zero-order valence-electron chi connectivity index (χ0n) is 25.3. The van der Waals surface area contributed by atoms with Crippen molar-refractivity contribution in [2.45, 2.75) is 62.4 Å². The second-order valence-corrected chi connectivity index (χ2v) is 14.5. The number of ether oxygens (including phenoxy) is 1. The number of benzene rings is 3. The number of aromatic carboxylic acids is 1. The Bertz CT molecular complexity index is 1810. The Morgan fingerprint density at radius 2 is 1.52 bits per heavy atom. The molecule has 3 fully saturated rings. The molecular weight excluding hydrogens is 635 g/mol. The number of carboxylic acid groups (broad SMARTS) is 1. The van der Waals surface area contributed by atoms with Crippen molar-refractivity contribution in [1.29, 1.82) is 0 Å². The number of amides is 1. The summed E-state index contributed by atoms with van der Waals surface area (Å²) < 4.78 is 106. The molecule has 0 radical (unpaired) electrons. The number of anilines is 1. The third-order valence-corrected chi connectivity index (χ3v) is 10.7. The zero-order chi connectivity index (χ0) is 33.9. The summed E-state index contributed by atoms with van der Waals surface area (Å²) in [7, 11) is -4.22. The van der Waals surface area contributed by atoms with Gasteiger partial charge in [-0.1, -0.05) is 45.0 Å². The number of sulfonamides is 1. The highest BCUT2D eigenvalue weighted by Crippen LogP contribution is 2.61. The van der Waals surface area contributed by atoms with Crippen molar-refractivity contribution in [3.63, 3.8) is 0 Å². The lowest BCUT2D eigenvalue weighted by Gasteiger charge is -2.65. The summed E-state index contributed by atoms with van der Waals surface area (Å²) >= 11 is 0. The van der Waals surface area contributed by atoms with Crippen LogP contribution in [0.1, 0.15) is 61.5 Å². The number of halogens is 5. The molecule has 8 nitrogen and oxygen atoms in total. The Morgan fingerprint density at radius 1 is 0.935 bits per heavy atom. The molecule has 0 spiro atoms. The van der Waals surface area contributed by atoms with Gasteiger partial charge >= 0.3 is 5.97 Å². The first-order valence-corrected chi connectivity index (χ1v) is 15.7. The van der Waals surface area contributed by atoms with Crippen LogP contribution in [0.5, 0.6) is 5.75 Å². The molecule has 6 rings (SSSR count). The van der Waals surface area contributed by atoms with Gasteiger partial charge in [-0.2, -0.15) is 4.31 Å². The standard InChI is InChI=1S/C32H31F5N2O6S/c1-31(2,3)20-7-5-6-17(10-20)15-38(21-9-8-19(30(41)42)11-22(21)45-4)23(40)16-39(32-12-18(13-32)14-32)46(43,44)29-27(36)25(34)24(33)26(35)28(29)37/h5-11,18H,12-16H2,1-4H3,(H,41,42). The van der Waals surface area contributed by atoms with Crippen LogP contribution < -0.4 is 9.64 Å². The Morgan fingerprint density at radius 3 is 2.02 bits per heavy atom. The smallest absolute Gasteiger partial charge is 0.335 e. The third-order valence-electron chi connectivity index (χ3n) is 8.68. The van der Waals surface area contributed by atoms with Crippen LogP contribution in [0.4, 0.5) is 27.6 Å². The molecule has 3 aliphatic rings. The quantitative estimate of drug-likeness (QED) is 0.158. The number of hydrogen-bond acceptors (Lipinski definition) is 5. The van der Waals surface area contributed by atoms with Crippen LogP contribution in [0.3, 0.4) is 0 Å². The fourth-order valence-corrected chi connectivity index (χ4v) is 7.90. The first kappa shape index (κ1) is 33.3. The molecule has 0 unspecified atom stereocenters. The molecule has 3 aliphatic carbocycles. The Labute approximate surface area is 262 Å². The number of hydrogen-bond donors (Lipinski definition) is 1. The van der Waals surface area contributed by atoms with Crippen LogP contribution >= 0.6 is 0 Å². The van der Waals surface area contributed by atoms with Gasteiger partial charge in [-0.15, -0.1) is 0 Å². The number of rotatable bonds is 10. The fraction of sp³-hybridized carbons (Fsp3) is 0.375. The monoisotopic (exact) mass is 666 g/mol. The minimum atomic E-state index is -5.47. The minimum Gasteiger partial charge on any atom is -0.495 e. The van der Waals surface area contributed by atoms with Gasteiger partial charge in [0.05, 0.1) is 31.5 Å². The van der Waals surface area contributed by atoms with Crippen molar-refractivity contribution in [2.24, 2.45) is 5.92 Å². The highest BCUT2D eigenvalue weighted by molar-refractivity contribution is 7.89. The molecular formula is C32H31F5N2O6S. The molecule has 0 heterocycles. The predicted molar refractivity (Wildman–Crippen MR) is 156 cm³/mol. The summed E-state index contributed by atoms with van der Waals surface area (Å²) in [5.41, 5.74) is -0.125. The molecule has 2 bridgehead atoms. The van der Waals surface area contributed by atoms with Crippen LogP contribution in [0.15, 0.2) is 47.4 Å². The Balaban J connectivity index is 1.61. The van der Waals surface area contributed by atoms with E-state index in [9.17, 15) is 45.1 Å². The van der Waals surface area contributed by atoms with Gasteiger partial charge in [0.2, 0.25) is 21.7 Å². The van der Waals surface area contributed by atoms with E-state index in [1.165, 1.54) is 25.3 Å². The summed E-state index contributed by atoms with van der Waals surface area (Å²) in [6.07, 6.45) is 0.706. The summed E-state index contributed by atoms with van der Waals surface area (Å²) in [6.45, 7) is 4.76. The van der Waals surface area contributed by atoms with Crippen molar-refractivity contribution in [3.8, 4) is 5.75 Å². The molecule has 246 valence electrons. The first-order valence-electron chi connectivity index (χ1n) is 14.3. The number of carboxylic acids is 1. The van der Waals surface area contributed by atoms with Crippen molar-refractivity contribution in [1.82, 2.24) is 4.31 Å². The third kappa shape index (κ3) is 5.61. The van der Waals surface area contributed by atoms with E-state index in [-0.39, 0.29) is 54.1 Å². The summed E-state index contributed by atoms with van der Waals surface area (Å²) in [6, 6.07) is 10.9. The Hall–Kier alpha value is -4.04. The van der Waals surface area contributed by atoms with Crippen LogP contribution in [0, 0.1) is 35.0 Å². The van der Waals surface area contributed by atoms with Gasteiger partial charge in [0.25, 0.3) is 0 Å². The van der Waals surface area contributed by atoms with Crippen LogP contribution in [-0.4, -0.2) is 48.9 Å². The zero-order valence-corrected chi connectivity index (χ0v) is 26.2. The highest BCUT2D eigenvalue weighted by Gasteiger charge is 2.64. The van der Waals surface area contributed by atoms with Gasteiger partial charge in [-0.05, 0) is 59.9 Å². The van der Waals surface area contributed by atoms with Crippen molar-refractivity contribution in [3.05, 3.63) is 88.2 Å². The summed E-state index contributed by atoms with van der Waals surface area (Å²) in [5, 5.41) is 9.48. The molecule has 0 aliphatic heterocycles. The molecule has 3 aromatic carbocycles. The van der Waals surface area contributed by atoms with Crippen molar-refractivity contribution in [2.75, 3.05) is 18.6 Å². The molecule has 3 aromatic rings. The number of nitrogens with zero attached hydrogens (tertiary/aromatic N) is 2. The molecule has 1 N–H and O–H groups in total. The van der Waals surface area contributed by atoms with Crippen molar-refractivity contribution < 1.29 is 49.8 Å². The maximum atomic E-state index is 14.9. The molecule has 3 saturated carbocycles. The number of methoxy groups -OCH3 is 1. The van der Waals surface area contributed by atoms with Crippen LogP contribution in [-0.2, 0) is 26.8 Å². The van der Waals surface area contributed by atoms with Gasteiger partial charge in [0.1, 0.15) is 5.75 Å². The molecule has 0 saturated heterocycles. The lowest BCUT2D eigenvalue weighted by molar-refractivity contribution is -0.131. The fourth-order valence-electron chi connectivity index (χ4n) is 6.04. The summed E-state index contributed by atoms with van der Waals surface area (Å²) in [4.78, 5) is 25.0. The maximum absolute atomic E-state index is 14.9. The lowest BCUT2D eigenvalue weighted by Crippen LogP contribution is -2.70. The minimum absolute atomic E-state index is 0.0417.